The van der Waals surface area contributed by atoms with Crippen molar-refractivity contribution in [2.45, 2.75) is 27.7 Å². The van der Waals surface area contributed by atoms with Crippen LogP contribution in [0.3, 0.4) is 0 Å². The summed E-state index contributed by atoms with van der Waals surface area (Å²) >= 11 is 0. The third-order valence-corrected chi connectivity index (χ3v) is 1.98. The van der Waals surface area contributed by atoms with Gasteiger partial charge in [-0.05, 0) is 36.5 Å². The molecule has 11 heavy (non-hydrogen) atoms. The zero-order valence-corrected chi connectivity index (χ0v) is 7.73. The second-order valence-corrected chi connectivity index (χ2v) is 3.27. The first-order valence-electron chi connectivity index (χ1n) is 3.99. The van der Waals surface area contributed by atoms with Gasteiger partial charge in [-0.2, -0.15) is 0 Å². The van der Waals surface area contributed by atoms with E-state index in [1.54, 1.807) is 0 Å². The van der Waals surface area contributed by atoms with Crippen molar-refractivity contribution in [3.05, 3.63) is 40.8 Å². The molecule has 0 saturated heterocycles. The van der Waals surface area contributed by atoms with E-state index in [2.05, 4.69) is 45.9 Å². The Morgan fingerprint density at radius 3 is 1.73 bits per heavy atom. The van der Waals surface area contributed by atoms with Crippen molar-refractivity contribution in [2.24, 2.45) is 0 Å². The molecular weight excluding hydrogens is 132 g/mol. The van der Waals surface area contributed by atoms with E-state index < -0.39 is 0 Å². The van der Waals surface area contributed by atoms with Gasteiger partial charge in [-0.3, -0.25) is 0 Å². The fraction of sp³-hybridized carbons (Fsp3) is 0.364. The third kappa shape index (κ3) is 1.62. The highest BCUT2D eigenvalue weighted by molar-refractivity contribution is 5.41. The summed E-state index contributed by atoms with van der Waals surface area (Å²) in [6, 6.07) is 6.43. The van der Waals surface area contributed by atoms with Gasteiger partial charge in [0.15, 0.2) is 0 Å². The predicted octanol–water partition coefficient (Wildman–Crippen LogP) is 3.27. The maximum absolute atomic E-state index is 2.16. The summed E-state index contributed by atoms with van der Waals surface area (Å²) in [6.07, 6.45) is 0. The molecule has 0 fully saturated rings. The topological polar surface area (TPSA) is 0 Å². The van der Waals surface area contributed by atoms with Gasteiger partial charge in [-0.25, -0.2) is 0 Å². The van der Waals surface area contributed by atoms with Crippen LogP contribution in [-0.4, -0.2) is 0 Å². The first-order chi connectivity index (χ1) is 5.13. The van der Waals surface area contributed by atoms with Gasteiger partial charge in [-0.1, -0.05) is 32.0 Å². The highest BCUT2D eigenvalue weighted by Gasteiger charge is 2.05. The normalized spacial score (nSPS) is 10.6. The Kier molecular flexibility index (Phi) is 2.33. The van der Waals surface area contributed by atoms with Crippen LogP contribution in [0.5, 0.6) is 0 Å². The summed E-state index contributed by atoms with van der Waals surface area (Å²) in [5, 5.41) is 0. The summed E-state index contributed by atoms with van der Waals surface area (Å²) in [5.41, 5.74) is 4.18. The van der Waals surface area contributed by atoms with Crippen molar-refractivity contribution in [2.75, 3.05) is 0 Å². The summed E-state index contributed by atoms with van der Waals surface area (Å²) < 4.78 is 0. The average molecular weight is 147 g/mol. The Morgan fingerprint density at radius 1 is 1.00 bits per heavy atom. The van der Waals surface area contributed by atoms with Gasteiger partial charge in [0.05, 0.1) is 0 Å². The Morgan fingerprint density at radius 2 is 1.45 bits per heavy atom. The fourth-order valence-electron chi connectivity index (χ4n) is 1.60. The molecule has 59 valence electrons. The molecule has 0 aliphatic heterocycles. The molecule has 0 amide bonds. The molecule has 0 bridgehead atoms. The first-order valence-corrected chi connectivity index (χ1v) is 3.99. The van der Waals surface area contributed by atoms with Crippen LogP contribution in [0.2, 0.25) is 0 Å². The highest BCUT2D eigenvalue weighted by Crippen LogP contribution is 2.21. The van der Waals surface area contributed by atoms with Gasteiger partial charge >= 0.3 is 0 Å². The Bertz CT molecular complexity index is 226. The minimum atomic E-state index is 1.38. The predicted molar refractivity (Wildman–Crippen MR) is 49.6 cm³/mol. The molecule has 1 rings (SSSR count). The van der Waals surface area contributed by atoms with Gasteiger partial charge < -0.3 is 0 Å². The second kappa shape index (κ2) is 3.08. The standard InChI is InChI=1S/C11H15/c1-8(2)11-9(3)6-5-7-10(11)4/h5-7H,1-4H3. The third-order valence-electron chi connectivity index (χ3n) is 1.98. The molecule has 0 aliphatic carbocycles. The van der Waals surface area contributed by atoms with Crippen molar-refractivity contribution < 1.29 is 0 Å². The van der Waals surface area contributed by atoms with Crippen LogP contribution in [-0.2, 0) is 0 Å². The van der Waals surface area contributed by atoms with Gasteiger partial charge in [0.25, 0.3) is 0 Å². The summed E-state index contributed by atoms with van der Waals surface area (Å²) in [5.74, 6) is 1.40. The quantitative estimate of drug-likeness (QED) is 0.572. The Hall–Kier alpha value is -0.780. The number of benzene rings is 1. The van der Waals surface area contributed by atoms with Crippen molar-refractivity contribution >= 4 is 0 Å². The van der Waals surface area contributed by atoms with E-state index in [4.69, 9.17) is 0 Å². The van der Waals surface area contributed by atoms with Crippen LogP contribution in [0.4, 0.5) is 0 Å². The molecular formula is C11H15. The molecule has 0 aromatic heterocycles. The van der Waals surface area contributed by atoms with Gasteiger partial charge in [0, 0.05) is 0 Å². The van der Waals surface area contributed by atoms with Crippen LogP contribution in [0.15, 0.2) is 18.2 Å². The molecule has 0 heteroatoms. The SMILES string of the molecule is C[C](C)c1c(C)cccc1C. The molecule has 0 aliphatic rings. The maximum Gasteiger partial charge on any atom is -0.000661 e. The molecule has 1 radical (unpaired) electrons. The zero-order chi connectivity index (χ0) is 8.43. The first kappa shape index (κ1) is 8.32. The van der Waals surface area contributed by atoms with Crippen molar-refractivity contribution in [1.82, 2.24) is 0 Å². The van der Waals surface area contributed by atoms with E-state index in [0.717, 1.165) is 0 Å². The molecule has 0 nitrogen and oxygen atoms in total. The molecule has 0 saturated carbocycles. The Balaban J connectivity index is 3.21. The van der Waals surface area contributed by atoms with E-state index in [1.165, 1.54) is 22.6 Å². The van der Waals surface area contributed by atoms with Gasteiger partial charge in [0.2, 0.25) is 0 Å². The maximum atomic E-state index is 2.16. The van der Waals surface area contributed by atoms with Crippen LogP contribution >= 0.6 is 0 Å². The van der Waals surface area contributed by atoms with Crippen LogP contribution in [0.25, 0.3) is 0 Å². The molecule has 0 spiro atoms. The molecule has 0 unspecified atom stereocenters. The molecule has 0 heterocycles. The average Bonchev–Trinajstić information content (AvgIpc) is 1.85. The van der Waals surface area contributed by atoms with Crippen molar-refractivity contribution in [3.8, 4) is 0 Å². The summed E-state index contributed by atoms with van der Waals surface area (Å²) in [7, 11) is 0. The lowest BCUT2D eigenvalue weighted by Gasteiger charge is -2.11. The number of hydrogen-bond donors (Lipinski definition) is 0. The molecule has 0 N–H and O–H groups in total. The number of aryl methyl sites for hydroxylation is 2. The second-order valence-electron chi connectivity index (χ2n) is 3.27. The Labute approximate surface area is 69.3 Å². The molecule has 0 atom stereocenters. The van der Waals surface area contributed by atoms with Crippen LogP contribution < -0.4 is 0 Å². The monoisotopic (exact) mass is 147 g/mol. The minimum absolute atomic E-state index is 1.38. The summed E-state index contributed by atoms with van der Waals surface area (Å²) in [4.78, 5) is 0. The van der Waals surface area contributed by atoms with Crippen molar-refractivity contribution in [1.29, 1.82) is 0 Å². The van der Waals surface area contributed by atoms with E-state index >= 15 is 0 Å². The largest absolute Gasteiger partial charge is 0.0617 e. The molecule has 1 aromatic rings. The van der Waals surface area contributed by atoms with E-state index in [9.17, 15) is 0 Å². The molecule has 1 aromatic carbocycles. The smallest absolute Gasteiger partial charge is 0.000661 e. The van der Waals surface area contributed by atoms with E-state index in [1.807, 2.05) is 0 Å². The highest BCUT2D eigenvalue weighted by atomic mass is 14.1. The summed E-state index contributed by atoms with van der Waals surface area (Å²) in [6.45, 7) is 8.65. The van der Waals surface area contributed by atoms with Crippen LogP contribution in [0.1, 0.15) is 30.5 Å². The zero-order valence-electron chi connectivity index (χ0n) is 7.73. The van der Waals surface area contributed by atoms with E-state index in [0.29, 0.717) is 0 Å². The van der Waals surface area contributed by atoms with Gasteiger partial charge in [0.1, 0.15) is 0 Å². The number of rotatable bonds is 1. The number of hydrogen-bond acceptors (Lipinski definition) is 0. The van der Waals surface area contributed by atoms with Crippen LogP contribution in [0, 0.1) is 19.8 Å². The fourth-order valence-corrected chi connectivity index (χ4v) is 1.60. The lowest BCUT2D eigenvalue weighted by Crippen LogP contribution is -1.95. The van der Waals surface area contributed by atoms with Crippen molar-refractivity contribution in [3.63, 3.8) is 0 Å². The van der Waals surface area contributed by atoms with E-state index in [-0.39, 0.29) is 0 Å². The van der Waals surface area contributed by atoms with Gasteiger partial charge in [-0.15, -0.1) is 0 Å². The minimum Gasteiger partial charge on any atom is -0.0617 e. The lowest BCUT2D eigenvalue weighted by molar-refractivity contribution is 1.10. The lowest BCUT2D eigenvalue weighted by atomic mass is 9.94.